The summed E-state index contributed by atoms with van der Waals surface area (Å²) in [4.78, 5) is -0.0442. The normalized spacial score (nSPS) is 17.0. The molecule has 2 nitrogen and oxygen atoms in total. The van der Waals surface area contributed by atoms with E-state index in [1.54, 1.807) is 0 Å². The smallest absolute Gasteiger partial charge is 0.124 e. The van der Waals surface area contributed by atoms with Crippen molar-refractivity contribution in [3.8, 4) is 0 Å². The summed E-state index contributed by atoms with van der Waals surface area (Å²) in [5.74, 6) is 1.82. The highest BCUT2D eigenvalue weighted by Crippen LogP contribution is 2.34. The third-order valence-corrected chi connectivity index (χ3v) is 3.45. The van der Waals surface area contributed by atoms with Gasteiger partial charge in [-0.15, -0.1) is 11.8 Å². The van der Waals surface area contributed by atoms with Crippen LogP contribution in [0.4, 0.5) is 0 Å². The molecule has 0 fully saturated rings. The largest absolute Gasteiger partial charge is 0.187 e. The molecule has 0 aromatic rings. The third kappa shape index (κ3) is 8.14. The molecule has 96 valence electrons. The van der Waals surface area contributed by atoms with Crippen molar-refractivity contribution in [2.24, 2.45) is 16.1 Å². The zero-order valence-corrected chi connectivity index (χ0v) is 12.8. The maximum absolute atomic E-state index is 4.59. The minimum atomic E-state index is -0.0645. The van der Waals surface area contributed by atoms with Crippen molar-refractivity contribution < 1.29 is 0 Å². The van der Waals surface area contributed by atoms with Gasteiger partial charge in [0, 0.05) is 0 Å². The Morgan fingerprint density at radius 2 is 1.62 bits per heavy atom. The number of azo groups is 1. The van der Waals surface area contributed by atoms with Crippen molar-refractivity contribution in [1.82, 2.24) is 0 Å². The van der Waals surface area contributed by atoms with Gasteiger partial charge < -0.3 is 0 Å². The van der Waals surface area contributed by atoms with Gasteiger partial charge in [-0.2, -0.15) is 10.2 Å². The summed E-state index contributed by atoms with van der Waals surface area (Å²) < 4.78 is 0. The van der Waals surface area contributed by atoms with Crippen molar-refractivity contribution in [3.63, 3.8) is 0 Å². The molecule has 0 N–H and O–H groups in total. The average molecular weight is 244 g/mol. The Bertz CT molecular complexity index is 218. The second kappa shape index (κ2) is 6.63. The van der Waals surface area contributed by atoms with Crippen LogP contribution in [0.1, 0.15) is 61.3 Å². The molecule has 0 saturated carbocycles. The number of nitrogens with zero attached hydrogens (tertiary/aromatic N) is 2. The predicted molar refractivity (Wildman–Crippen MR) is 75.2 cm³/mol. The summed E-state index contributed by atoms with van der Waals surface area (Å²) in [6.07, 6.45) is 2.29. The van der Waals surface area contributed by atoms with E-state index in [9.17, 15) is 0 Å². The molecule has 0 radical (unpaired) electrons. The lowest BCUT2D eigenvalue weighted by Gasteiger charge is -2.26. The lowest BCUT2D eigenvalue weighted by atomic mass is 10.1. The van der Waals surface area contributed by atoms with Crippen LogP contribution in [0.2, 0.25) is 0 Å². The van der Waals surface area contributed by atoms with Crippen LogP contribution in [0, 0.1) is 5.92 Å². The molecule has 0 heterocycles. The molecule has 0 aliphatic carbocycles. The first kappa shape index (κ1) is 16.0. The maximum Gasteiger partial charge on any atom is 0.124 e. The monoisotopic (exact) mass is 244 g/mol. The summed E-state index contributed by atoms with van der Waals surface area (Å²) in [5.41, 5.74) is -0.0645. The van der Waals surface area contributed by atoms with E-state index in [2.05, 4.69) is 58.7 Å². The molecule has 0 aliphatic rings. The molecule has 0 amide bonds. The molecular weight excluding hydrogens is 216 g/mol. The van der Waals surface area contributed by atoms with Gasteiger partial charge in [-0.25, -0.2) is 0 Å². The second-order valence-electron chi connectivity index (χ2n) is 5.99. The molecule has 16 heavy (non-hydrogen) atoms. The van der Waals surface area contributed by atoms with E-state index < -0.39 is 0 Å². The SMILES string of the molecule is CCCSC(C)(CC(C)C)/N=N/C(C)(C)C. The van der Waals surface area contributed by atoms with Crippen LogP contribution < -0.4 is 0 Å². The molecule has 0 bridgehead atoms. The first-order valence-electron chi connectivity index (χ1n) is 6.26. The Morgan fingerprint density at radius 3 is 2.00 bits per heavy atom. The molecule has 1 atom stereocenters. The van der Waals surface area contributed by atoms with Crippen molar-refractivity contribution in [1.29, 1.82) is 0 Å². The van der Waals surface area contributed by atoms with Gasteiger partial charge in [-0.05, 0) is 52.2 Å². The van der Waals surface area contributed by atoms with Crippen LogP contribution in [-0.4, -0.2) is 16.2 Å². The molecule has 1 unspecified atom stereocenters. The van der Waals surface area contributed by atoms with Gasteiger partial charge in [0.2, 0.25) is 0 Å². The van der Waals surface area contributed by atoms with Gasteiger partial charge >= 0.3 is 0 Å². The second-order valence-corrected chi connectivity index (χ2v) is 7.57. The van der Waals surface area contributed by atoms with Crippen LogP contribution in [0.3, 0.4) is 0 Å². The zero-order chi connectivity index (χ0) is 12.8. The van der Waals surface area contributed by atoms with Crippen molar-refractivity contribution in [2.45, 2.75) is 71.7 Å². The van der Waals surface area contributed by atoms with Crippen LogP contribution >= 0.6 is 11.8 Å². The molecule has 0 aromatic heterocycles. The molecule has 0 spiro atoms. The molecular formula is C13H28N2S. The van der Waals surface area contributed by atoms with Crippen molar-refractivity contribution >= 4 is 11.8 Å². The molecule has 0 aromatic carbocycles. The summed E-state index contributed by atoms with van der Waals surface area (Å²) in [6.45, 7) is 15.2. The van der Waals surface area contributed by atoms with Gasteiger partial charge in [0.1, 0.15) is 4.87 Å². The highest BCUT2D eigenvalue weighted by atomic mass is 32.2. The van der Waals surface area contributed by atoms with Gasteiger partial charge in [0.25, 0.3) is 0 Å². The van der Waals surface area contributed by atoms with Gasteiger partial charge in [-0.3, -0.25) is 0 Å². The Morgan fingerprint density at radius 1 is 1.06 bits per heavy atom. The molecule has 0 aliphatic heterocycles. The fourth-order valence-corrected chi connectivity index (χ4v) is 2.66. The van der Waals surface area contributed by atoms with Gasteiger partial charge in [0.15, 0.2) is 0 Å². The Kier molecular flexibility index (Phi) is 6.61. The van der Waals surface area contributed by atoms with Crippen molar-refractivity contribution in [2.75, 3.05) is 5.75 Å². The fraction of sp³-hybridized carbons (Fsp3) is 1.00. The van der Waals surface area contributed by atoms with E-state index in [-0.39, 0.29) is 10.4 Å². The minimum absolute atomic E-state index is 0.0442. The molecule has 0 rings (SSSR count). The standard InChI is InChI=1S/C13H28N2S/c1-8-9-16-13(7,10-11(2)3)15-14-12(4,5)6/h11H,8-10H2,1-7H3/b15-14+. The van der Waals surface area contributed by atoms with E-state index in [1.807, 2.05) is 11.8 Å². The summed E-state index contributed by atoms with van der Waals surface area (Å²) in [5, 5.41) is 9.03. The average Bonchev–Trinajstić information content (AvgIpc) is 2.10. The molecule has 0 saturated heterocycles. The fourth-order valence-electron chi connectivity index (χ4n) is 1.46. The lowest BCUT2D eigenvalue weighted by molar-refractivity contribution is 0.440. The zero-order valence-electron chi connectivity index (χ0n) is 12.0. The summed E-state index contributed by atoms with van der Waals surface area (Å²) in [7, 11) is 0. The Labute approximate surface area is 106 Å². The first-order valence-corrected chi connectivity index (χ1v) is 7.25. The first-order chi connectivity index (χ1) is 7.18. The highest BCUT2D eigenvalue weighted by molar-refractivity contribution is 8.00. The van der Waals surface area contributed by atoms with Gasteiger partial charge in [0.05, 0.1) is 5.54 Å². The quantitative estimate of drug-likeness (QED) is 0.593. The maximum atomic E-state index is 4.59. The number of thioether (sulfide) groups is 1. The summed E-state index contributed by atoms with van der Waals surface area (Å²) >= 11 is 1.93. The Balaban J connectivity index is 4.58. The van der Waals surface area contributed by atoms with Crippen LogP contribution in [0.25, 0.3) is 0 Å². The topological polar surface area (TPSA) is 24.7 Å². The van der Waals surface area contributed by atoms with E-state index in [0.717, 1.165) is 12.2 Å². The van der Waals surface area contributed by atoms with E-state index in [4.69, 9.17) is 0 Å². The lowest BCUT2D eigenvalue weighted by Crippen LogP contribution is -2.22. The number of hydrogen-bond donors (Lipinski definition) is 0. The van der Waals surface area contributed by atoms with Gasteiger partial charge in [-0.1, -0.05) is 20.8 Å². The predicted octanol–water partition coefficient (Wildman–Crippen LogP) is 5.14. The third-order valence-electron chi connectivity index (χ3n) is 1.97. The van der Waals surface area contributed by atoms with Crippen molar-refractivity contribution in [3.05, 3.63) is 0 Å². The Hall–Kier alpha value is -0.0500. The summed E-state index contributed by atoms with van der Waals surface area (Å²) in [6, 6.07) is 0. The number of rotatable bonds is 6. The minimum Gasteiger partial charge on any atom is -0.187 e. The van der Waals surface area contributed by atoms with E-state index in [0.29, 0.717) is 5.92 Å². The van der Waals surface area contributed by atoms with E-state index in [1.165, 1.54) is 6.42 Å². The van der Waals surface area contributed by atoms with E-state index >= 15 is 0 Å². The van der Waals surface area contributed by atoms with Crippen LogP contribution in [-0.2, 0) is 0 Å². The van der Waals surface area contributed by atoms with Crippen LogP contribution in [0.5, 0.6) is 0 Å². The van der Waals surface area contributed by atoms with Crippen LogP contribution in [0.15, 0.2) is 10.2 Å². The molecule has 3 heteroatoms. The highest BCUT2D eigenvalue weighted by Gasteiger charge is 2.26. The number of hydrogen-bond acceptors (Lipinski definition) is 3.